The molecular formula is C28H29N5O3. The molecule has 184 valence electrons. The first-order chi connectivity index (χ1) is 17.6. The molecule has 0 radical (unpaired) electrons. The van der Waals surface area contributed by atoms with Crippen molar-refractivity contribution in [2.24, 2.45) is 7.05 Å². The Kier molecular flexibility index (Phi) is 5.71. The number of para-hydroxylation sites is 1. The molecule has 2 amide bonds. The van der Waals surface area contributed by atoms with E-state index in [2.05, 4.69) is 27.0 Å². The SMILES string of the molecule is Cn1cc(CC(=O)N2CCc3ncn4c3C2c2cccc(c2)OCCCNC(=O)C4)c2ccccc21. The van der Waals surface area contributed by atoms with E-state index in [1.807, 2.05) is 59.1 Å². The molecule has 2 aliphatic rings. The molecule has 2 aliphatic heterocycles. The molecule has 36 heavy (non-hydrogen) atoms. The van der Waals surface area contributed by atoms with Crippen LogP contribution in [0.4, 0.5) is 0 Å². The van der Waals surface area contributed by atoms with Gasteiger partial charge in [-0.1, -0.05) is 30.3 Å². The van der Waals surface area contributed by atoms with Crippen molar-refractivity contribution < 1.29 is 14.3 Å². The van der Waals surface area contributed by atoms with Gasteiger partial charge in [0.05, 0.1) is 36.8 Å². The first kappa shape index (κ1) is 22.4. The number of benzene rings is 2. The number of imidazole rings is 1. The maximum absolute atomic E-state index is 13.9. The predicted octanol–water partition coefficient (Wildman–Crippen LogP) is 2.99. The Morgan fingerprint density at radius 3 is 3.00 bits per heavy atom. The van der Waals surface area contributed by atoms with Crippen LogP contribution in [0.25, 0.3) is 10.9 Å². The van der Waals surface area contributed by atoms with Crippen LogP contribution in [0.1, 0.15) is 35.0 Å². The summed E-state index contributed by atoms with van der Waals surface area (Å²) in [5.41, 5.74) is 4.92. The quantitative estimate of drug-likeness (QED) is 0.475. The first-order valence-corrected chi connectivity index (χ1v) is 12.4. The molecular weight excluding hydrogens is 454 g/mol. The zero-order valence-electron chi connectivity index (χ0n) is 20.3. The van der Waals surface area contributed by atoms with Crippen LogP contribution >= 0.6 is 0 Å². The lowest BCUT2D eigenvalue weighted by molar-refractivity contribution is -0.132. The molecule has 1 N–H and O–H groups in total. The van der Waals surface area contributed by atoms with Gasteiger partial charge in [-0.05, 0) is 35.7 Å². The fourth-order valence-corrected chi connectivity index (χ4v) is 5.48. The second-order valence-corrected chi connectivity index (χ2v) is 9.53. The molecule has 0 aliphatic carbocycles. The van der Waals surface area contributed by atoms with Crippen molar-refractivity contribution in [3.8, 4) is 5.75 Å². The van der Waals surface area contributed by atoms with Crippen LogP contribution in [0.5, 0.6) is 5.75 Å². The molecule has 2 aromatic heterocycles. The summed E-state index contributed by atoms with van der Waals surface area (Å²) in [5.74, 6) is 0.742. The van der Waals surface area contributed by atoms with Gasteiger partial charge in [-0.2, -0.15) is 0 Å². The van der Waals surface area contributed by atoms with E-state index in [1.165, 1.54) is 0 Å². The van der Waals surface area contributed by atoms with Crippen molar-refractivity contribution >= 4 is 22.7 Å². The van der Waals surface area contributed by atoms with Crippen LogP contribution < -0.4 is 10.1 Å². The second-order valence-electron chi connectivity index (χ2n) is 9.53. The Morgan fingerprint density at radius 2 is 2.08 bits per heavy atom. The number of ether oxygens (including phenoxy) is 1. The van der Waals surface area contributed by atoms with Crippen molar-refractivity contribution in [1.29, 1.82) is 0 Å². The highest BCUT2D eigenvalue weighted by molar-refractivity contribution is 5.89. The third kappa shape index (κ3) is 4.02. The highest BCUT2D eigenvalue weighted by Crippen LogP contribution is 2.37. The van der Waals surface area contributed by atoms with Gasteiger partial charge in [-0.3, -0.25) is 9.59 Å². The monoisotopic (exact) mass is 483 g/mol. The van der Waals surface area contributed by atoms with Gasteiger partial charge < -0.3 is 24.1 Å². The summed E-state index contributed by atoms with van der Waals surface area (Å²) in [7, 11) is 2.01. The molecule has 8 heteroatoms. The molecule has 0 fully saturated rings. The number of hydrogen-bond acceptors (Lipinski definition) is 4. The summed E-state index contributed by atoms with van der Waals surface area (Å²) in [6.45, 7) is 1.80. The lowest BCUT2D eigenvalue weighted by atomic mass is 9.94. The van der Waals surface area contributed by atoms with Gasteiger partial charge in [0.25, 0.3) is 0 Å². The molecule has 4 aromatic rings. The van der Waals surface area contributed by atoms with Crippen LogP contribution in [0.3, 0.4) is 0 Å². The Bertz CT molecular complexity index is 1450. The van der Waals surface area contributed by atoms with Gasteiger partial charge in [0.15, 0.2) is 0 Å². The van der Waals surface area contributed by atoms with Gasteiger partial charge >= 0.3 is 0 Å². The van der Waals surface area contributed by atoms with Crippen molar-refractivity contribution in [2.75, 3.05) is 19.7 Å². The van der Waals surface area contributed by atoms with E-state index in [9.17, 15) is 9.59 Å². The van der Waals surface area contributed by atoms with E-state index in [0.717, 1.165) is 45.6 Å². The lowest BCUT2D eigenvalue weighted by Crippen LogP contribution is -2.42. The molecule has 0 spiro atoms. The van der Waals surface area contributed by atoms with Gasteiger partial charge in [0.2, 0.25) is 11.8 Å². The Balaban J connectivity index is 1.42. The van der Waals surface area contributed by atoms with Crippen molar-refractivity contribution in [3.63, 3.8) is 0 Å². The van der Waals surface area contributed by atoms with E-state index >= 15 is 0 Å². The molecule has 1 atom stereocenters. The summed E-state index contributed by atoms with van der Waals surface area (Å²) in [6, 6.07) is 15.8. The number of carbonyl (C=O) groups excluding carboxylic acids is 2. The summed E-state index contributed by atoms with van der Waals surface area (Å²) >= 11 is 0. The average Bonchev–Trinajstić information content (AvgIpc) is 3.43. The van der Waals surface area contributed by atoms with Crippen molar-refractivity contribution in [2.45, 2.75) is 31.8 Å². The number of fused-ring (bicyclic) bond motifs is 4. The summed E-state index contributed by atoms with van der Waals surface area (Å²) in [5, 5.41) is 4.06. The van der Waals surface area contributed by atoms with E-state index in [4.69, 9.17) is 4.74 Å². The standard InChI is InChI=1S/C28H29N5O3/c1-31-16-20(22-8-2-3-9-24(22)31)15-26(35)33-12-10-23-28-27(33)19-6-4-7-21(14-19)36-13-5-11-29-25(34)17-32(28)18-30-23/h2-4,6-9,14,16,18,27H,5,10-13,15,17H2,1H3,(H,29,34). The van der Waals surface area contributed by atoms with Crippen molar-refractivity contribution in [3.05, 3.63) is 83.6 Å². The maximum atomic E-state index is 13.9. The summed E-state index contributed by atoms with van der Waals surface area (Å²) < 4.78 is 9.94. The number of carbonyl (C=O) groups is 2. The highest BCUT2D eigenvalue weighted by Gasteiger charge is 2.36. The topological polar surface area (TPSA) is 81.4 Å². The normalized spacial score (nSPS) is 17.9. The fourth-order valence-electron chi connectivity index (χ4n) is 5.48. The molecule has 0 saturated carbocycles. The minimum absolute atomic E-state index is 0.0508. The fraction of sp³-hybridized carbons (Fsp3) is 0.321. The number of hydrogen-bond donors (Lipinski definition) is 1. The molecule has 4 heterocycles. The molecule has 8 nitrogen and oxygen atoms in total. The Morgan fingerprint density at radius 1 is 1.19 bits per heavy atom. The summed E-state index contributed by atoms with van der Waals surface area (Å²) in [6.07, 6.45) is 5.45. The third-order valence-electron chi connectivity index (χ3n) is 7.16. The molecule has 0 saturated heterocycles. The number of nitrogens with zero attached hydrogens (tertiary/aromatic N) is 4. The van der Waals surface area contributed by atoms with Crippen LogP contribution in [0.15, 0.2) is 61.1 Å². The van der Waals surface area contributed by atoms with Crippen LogP contribution in [-0.4, -0.2) is 50.5 Å². The Hall–Kier alpha value is -4.07. The average molecular weight is 484 g/mol. The zero-order chi connectivity index (χ0) is 24.6. The minimum Gasteiger partial charge on any atom is -0.494 e. The predicted molar refractivity (Wildman–Crippen MR) is 136 cm³/mol. The smallest absolute Gasteiger partial charge is 0.239 e. The Labute approximate surface area is 209 Å². The van der Waals surface area contributed by atoms with Gasteiger partial charge in [-0.15, -0.1) is 0 Å². The summed E-state index contributed by atoms with van der Waals surface area (Å²) in [4.78, 5) is 33.2. The highest BCUT2D eigenvalue weighted by atomic mass is 16.5. The molecule has 2 aromatic carbocycles. The van der Waals surface area contributed by atoms with E-state index in [-0.39, 0.29) is 24.4 Å². The van der Waals surface area contributed by atoms with Gasteiger partial charge in [-0.25, -0.2) is 4.98 Å². The van der Waals surface area contributed by atoms with Gasteiger partial charge in [0, 0.05) is 43.7 Å². The van der Waals surface area contributed by atoms with Crippen LogP contribution in [-0.2, 0) is 36.0 Å². The van der Waals surface area contributed by atoms with E-state index in [0.29, 0.717) is 32.5 Å². The maximum Gasteiger partial charge on any atom is 0.239 e. The van der Waals surface area contributed by atoms with E-state index < -0.39 is 0 Å². The lowest BCUT2D eigenvalue weighted by Gasteiger charge is -2.37. The number of rotatable bonds is 2. The number of nitrogens with one attached hydrogen (secondary N) is 1. The van der Waals surface area contributed by atoms with Gasteiger partial charge in [0.1, 0.15) is 12.3 Å². The zero-order valence-corrected chi connectivity index (χ0v) is 20.3. The largest absolute Gasteiger partial charge is 0.494 e. The first-order valence-electron chi connectivity index (χ1n) is 12.4. The second kappa shape index (κ2) is 9.18. The number of aromatic nitrogens is 3. The molecule has 2 bridgehead atoms. The minimum atomic E-state index is -0.351. The van der Waals surface area contributed by atoms with E-state index in [1.54, 1.807) is 6.33 Å². The molecule has 1 unspecified atom stereocenters. The molecule has 6 rings (SSSR count). The number of amides is 2. The third-order valence-corrected chi connectivity index (χ3v) is 7.16. The number of aryl methyl sites for hydroxylation is 1. The van der Waals surface area contributed by atoms with Crippen molar-refractivity contribution in [1.82, 2.24) is 24.3 Å². The van der Waals surface area contributed by atoms with Crippen LogP contribution in [0.2, 0.25) is 0 Å². The van der Waals surface area contributed by atoms with Crippen LogP contribution in [0, 0.1) is 0 Å².